The van der Waals surface area contributed by atoms with Crippen LogP contribution in [0.25, 0.3) is 0 Å². The van der Waals surface area contributed by atoms with Crippen molar-refractivity contribution in [1.29, 1.82) is 0 Å². The van der Waals surface area contributed by atoms with E-state index in [1.807, 2.05) is 0 Å². The summed E-state index contributed by atoms with van der Waals surface area (Å²) in [5.74, 6) is -1.02. The van der Waals surface area contributed by atoms with Gasteiger partial charge in [0.2, 0.25) is 0 Å². The van der Waals surface area contributed by atoms with Crippen LogP contribution in [0.2, 0.25) is 0 Å². The SMILES string of the molecule is CCOC(=O)c1ccccc1NC(=O)c1cccc(N(C)S(=O)(=O)c2ccccc2)c1. The van der Waals surface area contributed by atoms with Crippen LogP contribution in [0.3, 0.4) is 0 Å². The number of carbonyl (C=O) groups excluding carboxylic acids is 2. The normalized spacial score (nSPS) is 10.9. The Hall–Kier alpha value is -3.65. The molecule has 0 spiro atoms. The Kier molecular flexibility index (Phi) is 6.71. The van der Waals surface area contributed by atoms with Gasteiger partial charge in [-0.1, -0.05) is 36.4 Å². The van der Waals surface area contributed by atoms with E-state index < -0.39 is 21.9 Å². The number of anilines is 2. The summed E-state index contributed by atoms with van der Waals surface area (Å²) in [6.45, 7) is 1.91. The molecule has 8 heteroatoms. The number of hydrogen-bond acceptors (Lipinski definition) is 5. The summed E-state index contributed by atoms with van der Waals surface area (Å²) in [6.07, 6.45) is 0. The number of ether oxygens (including phenoxy) is 1. The summed E-state index contributed by atoms with van der Waals surface area (Å²) in [4.78, 5) is 25.1. The molecule has 3 aromatic rings. The number of benzene rings is 3. The highest BCUT2D eigenvalue weighted by molar-refractivity contribution is 7.92. The molecule has 0 saturated heterocycles. The monoisotopic (exact) mass is 438 g/mol. The van der Waals surface area contributed by atoms with Gasteiger partial charge < -0.3 is 10.1 Å². The fraction of sp³-hybridized carbons (Fsp3) is 0.130. The number of amides is 1. The quantitative estimate of drug-likeness (QED) is 0.564. The van der Waals surface area contributed by atoms with Crippen molar-refractivity contribution in [2.75, 3.05) is 23.3 Å². The minimum absolute atomic E-state index is 0.149. The van der Waals surface area contributed by atoms with Gasteiger partial charge in [-0.05, 0) is 49.4 Å². The van der Waals surface area contributed by atoms with Crippen LogP contribution in [0.15, 0.2) is 83.8 Å². The highest BCUT2D eigenvalue weighted by atomic mass is 32.2. The van der Waals surface area contributed by atoms with Gasteiger partial charge in [-0.15, -0.1) is 0 Å². The second-order valence-electron chi connectivity index (χ2n) is 6.56. The zero-order chi connectivity index (χ0) is 22.4. The number of nitrogens with zero attached hydrogens (tertiary/aromatic N) is 1. The Bertz CT molecular complexity index is 1190. The molecule has 3 aromatic carbocycles. The van der Waals surface area contributed by atoms with Gasteiger partial charge in [-0.25, -0.2) is 13.2 Å². The van der Waals surface area contributed by atoms with Crippen LogP contribution in [0, 0.1) is 0 Å². The molecule has 0 heterocycles. The van der Waals surface area contributed by atoms with Gasteiger partial charge >= 0.3 is 5.97 Å². The predicted molar refractivity (Wildman–Crippen MR) is 119 cm³/mol. The van der Waals surface area contributed by atoms with E-state index in [0.717, 1.165) is 4.31 Å². The minimum Gasteiger partial charge on any atom is -0.462 e. The first-order valence-electron chi connectivity index (χ1n) is 9.56. The Morgan fingerprint density at radius 2 is 1.61 bits per heavy atom. The first kappa shape index (κ1) is 22.0. The highest BCUT2D eigenvalue weighted by Crippen LogP contribution is 2.24. The molecule has 1 N–H and O–H groups in total. The Morgan fingerprint density at radius 1 is 0.935 bits per heavy atom. The Balaban J connectivity index is 1.86. The average Bonchev–Trinajstić information content (AvgIpc) is 2.79. The largest absolute Gasteiger partial charge is 0.462 e. The van der Waals surface area contributed by atoms with Gasteiger partial charge in [0.05, 0.1) is 28.4 Å². The molecule has 0 unspecified atom stereocenters. The van der Waals surface area contributed by atoms with Crippen molar-refractivity contribution in [3.8, 4) is 0 Å². The summed E-state index contributed by atoms with van der Waals surface area (Å²) in [5.41, 5.74) is 1.11. The fourth-order valence-corrected chi connectivity index (χ4v) is 4.11. The number of hydrogen-bond donors (Lipinski definition) is 1. The van der Waals surface area contributed by atoms with Crippen molar-refractivity contribution in [3.63, 3.8) is 0 Å². The molecule has 0 atom stereocenters. The van der Waals surface area contributed by atoms with Crippen molar-refractivity contribution in [2.24, 2.45) is 0 Å². The maximum absolute atomic E-state index is 12.9. The second kappa shape index (κ2) is 9.44. The summed E-state index contributed by atoms with van der Waals surface area (Å²) in [7, 11) is -2.35. The summed E-state index contributed by atoms with van der Waals surface area (Å²) < 4.78 is 31.9. The second-order valence-corrected chi connectivity index (χ2v) is 8.53. The van der Waals surface area contributed by atoms with Gasteiger partial charge in [0, 0.05) is 12.6 Å². The Labute approximate surface area is 181 Å². The van der Waals surface area contributed by atoms with Gasteiger partial charge in [0.1, 0.15) is 0 Å². The third kappa shape index (κ3) is 4.92. The van der Waals surface area contributed by atoms with Crippen molar-refractivity contribution < 1.29 is 22.7 Å². The number of rotatable bonds is 7. The van der Waals surface area contributed by atoms with Gasteiger partial charge in [0.25, 0.3) is 15.9 Å². The molecule has 160 valence electrons. The molecule has 0 saturated carbocycles. The first-order chi connectivity index (χ1) is 14.8. The number of carbonyl (C=O) groups is 2. The number of nitrogens with one attached hydrogen (secondary N) is 1. The van der Waals surface area contributed by atoms with Crippen molar-refractivity contribution in [1.82, 2.24) is 0 Å². The molecular weight excluding hydrogens is 416 g/mol. The van der Waals surface area contributed by atoms with Gasteiger partial charge in [-0.3, -0.25) is 9.10 Å². The van der Waals surface area contributed by atoms with E-state index in [-0.39, 0.29) is 22.6 Å². The van der Waals surface area contributed by atoms with E-state index >= 15 is 0 Å². The zero-order valence-corrected chi connectivity index (χ0v) is 17.9. The van der Waals surface area contributed by atoms with Crippen LogP contribution < -0.4 is 9.62 Å². The maximum atomic E-state index is 12.9. The zero-order valence-electron chi connectivity index (χ0n) is 17.1. The lowest BCUT2D eigenvalue weighted by Crippen LogP contribution is -2.26. The Morgan fingerprint density at radius 3 is 2.32 bits per heavy atom. The molecule has 0 aliphatic carbocycles. The lowest BCUT2D eigenvalue weighted by molar-refractivity contribution is 0.0527. The van der Waals surface area contributed by atoms with E-state index in [0.29, 0.717) is 11.4 Å². The summed E-state index contributed by atoms with van der Waals surface area (Å²) >= 11 is 0. The van der Waals surface area contributed by atoms with Crippen LogP contribution >= 0.6 is 0 Å². The van der Waals surface area contributed by atoms with E-state index in [2.05, 4.69) is 5.32 Å². The molecule has 0 aliphatic heterocycles. The summed E-state index contributed by atoms with van der Waals surface area (Å²) in [6, 6.07) is 20.8. The van der Waals surface area contributed by atoms with Crippen LogP contribution in [0.5, 0.6) is 0 Å². The third-order valence-corrected chi connectivity index (χ3v) is 6.34. The van der Waals surface area contributed by atoms with E-state index in [1.54, 1.807) is 67.6 Å². The maximum Gasteiger partial charge on any atom is 0.340 e. The average molecular weight is 439 g/mol. The van der Waals surface area contributed by atoms with Crippen LogP contribution in [-0.4, -0.2) is 33.9 Å². The molecule has 0 aromatic heterocycles. The van der Waals surface area contributed by atoms with Gasteiger partial charge in [-0.2, -0.15) is 0 Å². The molecule has 7 nitrogen and oxygen atoms in total. The number of para-hydroxylation sites is 1. The smallest absolute Gasteiger partial charge is 0.340 e. The highest BCUT2D eigenvalue weighted by Gasteiger charge is 2.22. The van der Waals surface area contributed by atoms with Crippen molar-refractivity contribution >= 4 is 33.3 Å². The topological polar surface area (TPSA) is 92.8 Å². The molecule has 1 amide bonds. The molecule has 31 heavy (non-hydrogen) atoms. The third-order valence-electron chi connectivity index (χ3n) is 4.54. The lowest BCUT2D eigenvalue weighted by Gasteiger charge is -2.20. The predicted octanol–water partition coefficient (Wildman–Crippen LogP) is 3.94. The fourth-order valence-electron chi connectivity index (χ4n) is 2.91. The molecule has 0 fully saturated rings. The summed E-state index contributed by atoms with van der Waals surface area (Å²) in [5, 5.41) is 2.69. The van der Waals surface area contributed by atoms with E-state index in [4.69, 9.17) is 4.74 Å². The molecule has 0 aliphatic rings. The lowest BCUT2D eigenvalue weighted by atomic mass is 10.1. The number of esters is 1. The molecule has 0 bridgehead atoms. The van der Waals surface area contributed by atoms with E-state index in [1.165, 1.54) is 25.2 Å². The first-order valence-corrected chi connectivity index (χ1v) is 11.0. The molecule has 3 rings (SSSR count). The van der Waals surface area contributed by atoms with Crippen molar-refractivity contribution in [3.05, 3.63) is 90.0 Å². The number of sulfonamides is 1. The van der Waals surface area contributed by atoms with E-state index in [9.17, 15) is 18.0 Å². The minimum atomic E-state index is -3.78. The standard InChI is InChI=1S/C23H22N2O5S/c1-3-30-23(27)20-14-7-8-15-21(20)24-22(26)17-10-9-11-18(16-17)25(2)31(28,29)19-12-5-4-6-13-19/h4-16H,3H2,1-2H3,(H,24,26). The van der Waals surface area contributed by atoms with Crippen molar-refractivity contribution in [2.45, 2.75) is 11.8 Å². The molecular formula is C23H22N2O5S. The van der Waals surface area contributed by atoms with Crippen LogP contribution in [-0.2, 0) is 14.8 Å². The van der Waals surface area contributed by atoms with Gasteiger partial charge in [0.15, 0.2) is 0 Å². The van der Waals surface area contributed by atoms with Crippen LogP contribution in [0.4, 0.5) is 11.4 Å². The van der Waals surface area contributed by atoms with Crippen LogP contribution in [0.1, 0.15) is 27.6 Å². The molecule has 0 radical (unpaired) electrons.